The van der Waals surface area contributed by atoms with Crippen molar-refractivity contribution in [3.05, 3.63) is 6.61 Å². The summed E-state index contributed by atoms with van der Waals surface area (Å²) in [7, 11) is 0. The van der Waals surface area contributed by atoms with Gasteiger partial charge >= 0.3 is 0 Å². The summed E-state index contributed by atoms with van der Waals surface area (Å²) in [5.74, 6) is 0. The van der Waals surface area contributed by atoms with Gasteiger partial charge in [-0.1, -0.05) is 0 Å². The molecule has 0 aliphatic heterocycles. The second kappa shape index (κ2) is 2.89. The Balaban J connectivity index is 1.97. The van der Waals surface area contributed by atoms with Crippen LogP contribution < -0.4 is 0 Å². The third-order valence-electron chi connectivity index (χ3n) is 0.0891. The number of halogens is 1. The van der Waals surface area contributed by atoms with Gasteiger partial charge in [-0.25, -0.2) is 0 Å². The summed E-state index contributed by atoms with van der Waals surface area (Å²) in [6, 6.07) is 0. The van der Waals surface area contributed by atoms with Gasteiger partial charge in [0.1, 0.15) is 6.61 Å². The maximum Gasteiger partial charge on any atom is 0.125 e. The predicted molar refractivity (Wildman–Crippen MR) is 12.2 cm³/mol. The van der Waals surface area contributed by atoms with E-state index < -0.39 is 0 Å². The Bertz CT molecular complexity index is 8.00. The van der Waals surface area contributed by atoms with Crippen molar-refractivity contribution in [2.24, 2.45) is 0 Å². The largest absolute Gasteiger partial charge is 0.188 e. The van der Waals surface area contributed by atoms with Gasteiger partial charge < -0.3 is 0 Å². The van der Waals surface area contributed by atoms with Crippen LogP contribution in [0.1, 0.15) is 6.92 Å². The molecule has 0 heterocycles. The van der Waals surface area contributed by atoms with Crippen molar-refractivity contribution in [3.63, 3.8) is 0 Å². The summed E-state index contributed by atoms with van der Waals surface area (Å²) in [6.45, 7) is 2.42. The summed E-state index contributed by atoms with van der Waals surface area (Å²) in [5, 5.41) is 0. The van der Waals surface area contributed by atoms with Crippen LogP contribution in [0.2, 0.25) is 0 Å². The third-order valence-corrected chi connectivity index (χ3v) is 0.0891. The van der Waals surface area contributed by atoms with Crippen LogP contribution in [-0.4, -0.2) is 0 Å². The standard InChI is InChI=1S/C2H4FO/c1-2-4-3/h2H,1H3. The van der Waals surface area contributed by atoms with E-state index in [1.54, 1.807) is 0 Å². The molecule has 1 radical (unpaired) electrons. The SMILES string of the molecule is C[CH]OF. The first-order valence-electron chi connectivity index (χ1n) is 0.967. The van der Waals surface area contributed by atoms with Gasteiger partial charge in [-0.15, -0.1) is 0 Å². The second-order valence-corrected chi connectivity index (χ2v) is 0.325. The Kier molecular flexibility index (Phi) is 2.81. The van der Waals surface area contributed by atoms with E-state index in [1.807, 2.05) is 0 Å². The second-order valence-electron chi connectivity index (χ2n) is 0.325. The smallest absolute Gasteiger partial charge is 0.125 e. The first kappa shape index (κ1) is 3.89. The van der Waals surface area contributed by atoms with E-state index in [9.17, 15) is 4.53 Å². The normalized spacial score (nSPS) is 7.50. The van der Waals surface area contributed by atoms with E-state index in [4.69, 9.17) is 0 Å². The fraction of sp³-hybridized carbons (Fsp3) is 0.500. The highest BCUT2D eigenvalue weighted by atomic mass is 19.3. The molecule has 0 saturated carbocycles. The molecule has 2 heteroatoms. The van der Waals surface area contributed by atoms with Crippen molar-refractivity contribution >= 4 is 0 Å². The summed E-state index contributed by atoms with van der Waals surface area (Å²) < 4.78 is 10.2. The fourth-order valence-electron chi connectivity index (χ4n) is 0. The van der Waals surface area contributed by atoms with Crippen molar-refractivity contribution in [1.82, 2.24) is 0 Å². The molecule has 0 spiro atoms. The van der Waals surface area contributed by atoms with Crippen LogP contribution in [0.15, 0.2) is 0 Å². The molecule has 0 unspecified atom stereocenters. The monoisotopic (exact) mass is 63.0 g/mol. The third kappa shape index (κ3) is 1.89. The molecule has 0 saturated heterocycles. The molecule has 1 nitrogen and oxygen atoms in total. The molecule has 4 heavy (non-hydrogen) atoms. The summed E-state index contributed by atoms with van der Waals surface area (Å²) in [6.07, 6.45) is 0. The van der Waals surface area contributed by atoms with Gasteiger partial charge in [-0.3, -0.25) is 0 Å². The lowest BCUT2D eigenvalue weighted by molar-refractivity contribution is -0.0891. The Hall–Kier alpha value is -0.110. The van der Waals surface area contributed by atoms with Crippen molar-refractivity contribution in [2.75, 3.05) is 0 Å². The van der Waals surface area contributed by atoms with Gasteiger partial charge in [0.05, 0.1) is 0 Å². The van der Waals surface area contributed by atoms with Gasteiger partial charge in [-0.2, -0.15) is 4.94 Å². The van der Waals surface area contributed by atoms with Crippen LogP contribution >= 0.6 is 0 Å². The van der Waals surface area contributed by atoms with E-state index in [0.29, 0.717) is 0 Å². The number of hydrogen-bond acceptors (Lipinski definition) is 1. The van der Waals surface area contributed by atoms with E-state index in [2.05, 4.69) is 4.94 Å². The van der Waals surface area contributed by atoms with Gasteiger partial charge in [0.2, 0.25) is 0 Å². The Morgan fingerprint density at radius 2 is 2.25 bits per heavy atom. The Labute approximate surface area is 24.3 Å². The summed E-state index contributed by atoms with van der Waals surface area (Å²) in [4.78, 5) is 2.92. The predicted octanol–water partition coefficient (Wildman–Crippen LogP) is 1.07. The van der Waals surface area contributed by atoms with Crippen molar-refractivity contribution in [1.29, 1.82) is 0 Å². The minimum atomic E-state index is 0.958. The van der Waals surface area contributed by atoms with Crippen LogP contribution in [-0.2, 0) is 4.94 Å². The highest BCUT2D eigenvalue weighted by Gasteiger charge is 1.59. The summed E-state index contributed by atoms with van der Waals surface area (Å²) >= 11 is 0. The van der Waals surface area contributed by atoms with E-state index in [0.717, 1.165) is 6.61 Å². The number of hydrogen-bond donors (Lipinski definition) is 0. The van der Waals surface area contributed by atoms with Gasteiger partial charge in [0.15, 0.2) is 0 Å². The molecule has 0 N–H and O–H groups in total. The van der Waals surface area contributed by atoms with Crippen LogP contribution in [0.4, 0.5) is 4.53 Å². The fourth-order valence-corrected chi connectivity index (χ4v) is 0. The molecule has 0 amide bonds. The lowest BCUT2D eigenvalue weighted by atomic mass is 10.9. The molecule has 0 fully saturated rings. The zero-order chi connectivity index (χ0) is 3.41. The highest BCUT2D eigenvalue weighted by Crippen LogP contribution is 1.71. The molecular formula is C2H4FO. The highest BCUT2D eigenvalue weighted by molar-refractivity contribution is 4.19. The molecule has 0 aliphatic carbocycles. The van der Waals surface area contributed by atoms with Crippen molar-refractivity contribution in [3.8, 4) is 0 Å². The number of rotatable bonds is 1. The van der Waals surface area contributed by atoms with Gasteiger partial charge in [0, 0.05) is 0 Å². The van der Waals surface area contributed by atoms with Crippen LogP contribution in [0, 0.1) is 6.61 Å². The van der Waals surface area contributed by atoms with Gasteiger partial charge in [0.25, 0.3) is 0 Å². The van der Waals surface area contributed by atoms with E-state index >= 15 is 0 Å². The topological polar surface area (TPSA) is 9.23 Å². The first-order chi connectivity index (χ1) is 1.91. The molecule has 0 aliphatic rings. The molecule has 25 valence electrons. The maximum atomic E-state index is 10.2. The Morgan fingerprint density at radius 3 is 2.25 bits per heavy atom. The minimum Gasteiger partial charge on any atom is -0.188 e. The zero-order valence-corrected chi connectivity index (χ0v) is 2.36. The van der Waals surface area contributed by atoms with Crippen molar-refractivity contribution in [2.45, 2.75) is 6.92 Å². The van der Waals surface area contributed by atoms with Crippen LogP contribution in [0.3, 0.4) is 0 Å². The molecule has 0 aromatic rings. The average Bonchev–Trinajstić information content (AvgIpc) is 1.37. The minimum absolute atomic E-state index is 0.958. The first-order valence-corrected chi connectivity index (χ1v) is 0.967. The zero-order valence-electron chi connectivity index (χ0n) is 2.36. The molecule has 0 aromatic heterocycles. The lowest BCUT2D eigenvalue weighted by Gasteiger charge is -1.66. The quantitative estimate of drug-likeness (QED) is 0.442. The van der Waals surface area contributed by atoms with E-state index in [-0.39, 0.29) is 0 Å². The van der Waals surface area contributed by atoms with Gasteiger partial charge in [-0.05, 0) is 11.4 Å². The Morgan fingerprint density at radius 1 is 2.00 bits per heavy atom. The molecule has 0 rings (SSSR count). The van der Waals surface area contributed by atoms with Crippen molar-refractivity contribution < 1.29 is 9.47 Å². The summed E-state index contributed by atoms with van der Waals surface area (Å²) in [5.41, 5.74) is 0. The average molecular weight is 63.1 g/mol. The molecule has 0 atom stereocenters. The van der Waals surface area contributed by atoms with E-state index in [1.165, 1.54) is 6.92 Å². The molecule has 0 bridgehead atoms. The molecule has 0 aromatic carbocycles. The lowest BCUT2D eigenvalue weighted by Crippen LogP contribution is -1.54. The maximum absolute atomic E-state index is 10.2. The molecular weight excluding hydrogens is 59.0 g/mol. The van der Waals surface area contributed by atoms with Crippen LogP contribution in [0.5, 0.6) is 0 Å². The van der Waals surface area contributed by atoms with Crippen LogP contribution in [0.25, 0.3) is 0 Å².